The van der Waals surface area contributed by atoms with E-state index in [0.29, 0.717) is 24.5 Å². The Labute approximate surface area is 139 Å². The Morgan fingerprint density at radius 1 is 0.958 bits per heavy atom. The van der Waals surface area contributed by atoms with Gasteiger partial charge in [-0.3, -0.25) is 19.5 Å². The number of carbonyl (C=O) groups is 2. The first kappa shape index (κ1) is 15.0. The summed E-state index contributed by atoms with van der Waals surface area (Å²) < 4.78 is 0. The van der Waals surface area contributed by atoms with Crippen LogP contribution in [0.1, 0.15) is 38.5 Å². The van der Waals surface area contributed by atoms with Crippen molar-refractivity contribution >= 4 is 28.8 Å². The summed E-state index contributed by atoms with van der Waals surface area (Å²) in [5.74, 6) is 0.775. The van der Waals surface area contributed by atoms with Crippen molar-refractivity contribution in [2.45, 2.75) is 50.6 Å². The molecule has 1 N–H and O–H groups in total. The maximum absolute atomic E-state index is 11.8. The van der Waals surface area contributed by atoms with E-state index in [2.05, 4.69) is 20.3 Å². The van der Waals surface area contributed by atoms with Crippen LogP contribution in [-0.4, -0.2) is 43.7 Å². The summed E-state index contributed by atoms with van der Waals surface area (Å²) in [5.41, 5.74) is 1.40. The zero-order valence-electron chi connectivity index (χ0n) is 13.3. The van der Waals surface area contributed by atoms with Crippen molar-refractivity contribution in [3.63, 3.8) is 0 Å². The van der Waals surface area contributed by atoms with Crippen LogP contribution in [0.25, 0.3) is 11.2 Å². The molecule has 4 rings (SSSR count). The van der Waals surface area contributed by atoms with Gasteiger partial charge < -0.3 is 5.32 Å². The predicted molar refractivity (Wildman–Crippen MR) is 88.1 cm³/mol. The van der Waals surface area contributed by atoms with Gasteiger partial charge in [0.25, 0.3) is 0 Å². The Hall–Kier alpha value is -2.57. The van der Waals surface area contributed by atoms with Crippen LogP contribution in [0.3, 0.4) is 0 Å². The number of likely N-dealkylation sites (tertiary alicyclic amines) is 1. The van der Waals surface area contributed by atoms with E-state index < -0.39 is 0 Å². The molecule has 7 heteroatoms. The van der Waals surface area contributed by atoms with Crippen LogP contribution in [0.4, 0.5) is 5.82 Å². The van der Waals surface area contributed by atoms with Gasteiger partial charge in [-0.2, -0.15) is 0 Å². The second-order valence-corrected chi connectivity index (χ2v) is 6.40. The van der Waals surface area contributed by atoms with E-state index in [0.717, 1.165) is 37.0 Å². The van der Waals surface area contributed by atoms with E-state index in [9.17, 15) is 9.59 Å². The minimum atomic E-state index is -0.00817. The Morgan fingerprint density at radius 3 is 2.42 bits per heavy atom. The van der Waals surface area contributed by atoms with E-state index in [1.165, 1.54) is 4.90 Å². The van der Waals surface area contributed by atoms with Crippen LogP contribution in [0, 0.1) is 0 Å². The smallest absolute Gasteiger partial charge is 0.229 e. The zero-order valence-corrected chi connectivity index (χ0v) is 13.3. The molecule has 0 radical (unpaired) electrons. The lowest BCUT2D eigenvalue weighted by molar-refractivity contribution is -0.141. The highest BCUT2D eigenvalue weighted by molar-refractivity contribution is 6.02. The minimum absolute atomic E-state index is 0.00817. The molecule has 2 amide bonds. The molecular weight excluding hydrogens is 306 g/mol. The average molecular weight is 325 g/mol. The van der Waals surface area contributed by atoms with Crippen molar-refractivity contribution in [1.82, 2.24) is 19.9 Å². The van der Waals surface area contributed by atoms with Crippen molar-refractivity contribution in [3.8, 4) is 0 Å². The molecule has 124 valence electrons. The number of fused-ring (bicyclic) bond motifs is 1. The third-order valence-electron chi connectivity index (χ3n) is 4.84. The van der Waals surface area contributed by atoms with Crippen LogP contribution in [0.15, 0.2) is 24.5 Å². The molecule has 7 nitrogen and oxygen atoms in total. The topological polar surface area (TPSA) is 88.1 Å². The second kappa shape index (κ2) is 6.14. The highest BCUT2D eigenvalue weighted by atomic mass is 16.2. The number of amides is 2. The number of anilines is 1. The van der Waals surface area contributed by atoms with Gasteiger partial charge >= 0.3 is 0 Å². The molecule has 2 aliphatic rings. The van der Waals surface area contributed by atoms with Gasteiger partial charge in [-0.15, -0.1) is 0 Å². The molecular formula is C17H19N5O2. The van der Waals surface area contributed by atoms with Crippen LogP contribution in [0.2, 0.25) is 0 Å². The highest BCUT2D eigenvalue weighted by Crippen LogP contribution is 2.28. The van der Waals surface area contributed by atoms with Gasteiger partial charge in [0.05, 0.1) is 0 Å². The molecule has 2 aromatic rings. The molecule has 3 heterocycles. The Morgan fingerprint density at radius 2 is 1.67 bits per heavy atom. The summed E-state index contributed by atoms with van der Waals surface area (Å²) in [5, 5.41) is 3.44. The molecule has 1 saturated carbocycles. The number of aromatic nitrogens is 3. The zero-order chi connectivity index (χ0) is 16.5. The summed E-state index contributed by atoms with van der Waals surface area (Å²) in [4.78, 5) is 38.1. The number of hydrogen-bond donors (Lipinski definition) is 1. The fourth-order valence-electron chi connectivity index (χ4n) is 3.62. The summed E-state index contributed by atoms with van der Waals surface area (Å²) >= 11 is 0. The fraction of sp³-hybridized carbons (Fsp3) is 0.471. The SMILES string of the molecule is O=C1CCC(=O)N1C1CCC(Nc2ccc3nccnc3n2)CC1. The van der Waals surface area contributed by atoms with Crippen molar-refractivity contribution < 1.29 is 9.59 Å². The number of nitrogens with zero attached hydrogens (tertiary/aromatic N) is 4. The van der Waals surface area contributed by atoms with Crippen LogP contribution >= 0.6 is 0 Å². The van der Waals surface area contributed by atoms with Crippen LogP contribution < -0.4 is 5.32 Å². The van der Waals surface area contributed by atoms with E-state index >= 15 is 0 Å². The number of nitrogens with one attached hydrogen (secondary N) is 1. The Bertz CT molecular complexity index is 769. The fourth-order valence-corrected chi connectivity index (χ4v) is 3.62. The lowest BCUT2D eigenvalue weighted by atomic mass is 9.90. The minimum Gasteiger partial charge on any atom is -0.367 e. The number of pyridine rings is 1. The van der Waals surface area contributed by atoms with Gasteiger partial charge in [0.15, 0.2) is 5.65 Å². The Kier molecular flexibility index (Phi) is 3.84. The number of rotatable bonds is 3. The molecule has 1 aliphatic heterocycles. The maximum Gasteiger partial charge on any atom is 0.229 e. The Balaban J connectivity index is 1.39. The quantitative estimate of drug-likeness (QED) is 0.867. The van der Waals surface area contributed by atoms with Gasteiger partial charge in [-0.05, 0) is 37.8 Å². The van der Waals surface area contributed by atoms with Crippen molar-refractivity contribution in [3.05, 3.63) is 24.5 Å². The average Bonchev–Trinajstić information content (AvgIpc) is 2.94. The van der Waals surface area contributed by atoms with E-state index in [1.54, 1.807) is 12.4 Å². The molecule has 2 fully saturated rings. The number of carbonyl (C=O) groups excluding carboxylic acids is 2. The molecule has 0 bridgehead atoms. The molecule has 24 heavy (non-hydrogen) atoms. The molecule has 0 spiro atoms. The highest BCUT2D eigenvalue weighted by Gasteiger charge is 2.36. The molecule has 0 aromatic carbocycles. The lowest BCUT2D eigenvalue weighted by Gasteiger charge is -2.34. The van der Waals surface area contributed by atoms with Gasteiger partial charge in [-0.25, -0.2) is 9.97 Å². The summed E-state index contributed by atoms with van der Waals surface area (Å²) in [7, 11) is 0. The van der Waals surface area contributed by atoms with Crippen molar-refractivity contribution in [2.75, 3.05) is 5.32 Å². The molecule has 0 atom stereocenters. The van der Waals surface area contributed by atoms with Gasteiger partial charge in [0.1, 0.15) is 11.3 Å². The van der Waals surface area contributed by atoms with Crippen LogP contribution in [0.5, 0.6) is 0 Å². The third kappa shape index (κ3) is 2.81. The molecule has 1 aliphatic carbocycles. The molecule has 0 unspecified atom stereocenters. The normalized spacial score (nSPS) is 24.6. The van der Waals surface area contributed by atoms with Crippen LogP contribution in [-0.2, 0) is 9.59 Å². The van der Waals surface area contributed by atoms with E-state index in [1.807, 2.05) is 12.1 Å². The van der Waals surface area contributed by atoms with Crippen molar-refractivity contribution in [1.29, 1.82) is 0 Å². The number of imide groups is 1. The molecule has 1 saturated heterocycles. The summed E-state index contributed by atoms with van der Waals surface area (Å²) in [6.07, 6.45) is 7.57. The monoisotopic (exact) mass is 325 g/mol. The van der Waals surface area contributed by atoms with E-state index in [4.69, 9.17) is 0 Å². The first-order valence-corrected chi connectivity index (χ1v) is 8.40. The molecule has 2 aromatic heterocycles. The van der Waals surface area contributed by atoms with E-state index in [-0.39, 0.29) is 17.9 Å². The number of hydrogen-bond acceptors (Lipinski definition) is 6. The first-order chi connectivity index (χ1) is 11.7. The predicted octanol–water partition coefficient (Wildman–Crippen LogP) is 1.90. The van der Waals surface area contributed by atoms with Gasteiger partial charge in [0.2, 0.25) is 11.8 Å². The maximum atomic E-state index is 11.8. The lowest BCUT2D eigenvalue weighted by Crippen LogP contribution is -2.43. The van der Waals surface area contributed by atoms with Gasteiger partial charge in [-0.1, -0.05) is 0 Å². The largest absolute Gasteiger partial charge is 0.367 e. The second-order valence-electron chi connectivity index (χ2n) is 6.40. The standard InChI is InChI=1S/C17H19N5O2/c23-15-7-8-16(24)22(15)12-3-1-11(2-4-12)20-14-6-5-13-17(21-14)19-10-9-18-13/h5-6,9-12H,1-4,7-8H2,(H,19,20,21). The third-order valence-corrected chi connectivity index (χ3v) is 4.84. The first-order valence-electron chi connectivity index (χ1n) is 8.40. The summed E-state index contributed by atoms with van der Waals surface area (Å²) in [6.45, 7) is 0. The summed E-state index contributed by atoms with van der Waals surface area (Å²) in [6, 6.07) is 4.19. The van der Waals surface area contributed by atoms with Crippen molar-refractivity contribution in [2.24, 2.45) is 0 Å². The van der Waals surface area contributed by atoms with Gasteiger partial charge in [0, 0.05) is 37.3 Å².